The number of methoxy groups -OCH3 is 1. The number of benzene rings is 2. The normalized spacial score (nSPS) is 15.7. The molecule has 148 valence electrons. The first-order valence-corrected chi connectivity index (χ1v) is 9.21. The lowest BCUT2D eigenvalue weighted by atomic mass is 10.1. The molecule has 2 aromatic carbocycles. The molecule has 7 heteroatoms. The Morgan fingerprint density at radius 3 is 2.75 bits per heavy atom. The summed E-state index contributed by atoms with van der Waals surface area (Å²) in [4.78, 5) is 24.8. The van der Waals surface area contributed by atoms with E-state index in [1.165, 1.54) is 0 Å². The van der Waals surface area contributed by atoms with Gasteiger partial charge in [0, 0.05) is 19.2 Å². The minimum atomic E-state index is -0.359. The largest absolute Gasteiger partial charge is 0.497 e. The molecule has 7 nitrogen and oxygen atoms in total. The zero-order valence-electron chi connectivity index (χ0n) is 15.8. The Morgan fingerprint density at radius 2 is 1.96 bits per heavy atom. The first kappa shape index (κ1) is 19.7. The van der Waals surface area contributed by atoms with Gasteiger partial charge < -0.3 is 24.8 Å². The highest BCUT2D eigenvalue weighted by molar-refractivity contribution is 6.04. The van der Waals surface area contributed by atoms with Gasteiger partial charge in [0.25, 0.3) is 11.8 Å². The van der Waals surface area contributed by atoms with Crippen molar-refractivity contribution in [1.82, 2.24) is 5.32 Å². The van der Waals surface area contributed by atoms with Gasteiger partial charge in [-0.05, 0) is 37.1 Å². The van der Waals surface area contributed by atoms with Gasteiger partial charge >= 0.3 is 0 Å². The summed E-state index contributed by atoms with van der Waals surface area (Å²) >= 11 is 0. The summed E-state index contributed by atoms with van der Waals surface area (Å²) in [6, 6.07) is 13.9. The Hall–Kier alpha value is -3.06. The third kappa shape index (κ3) is 5.47. The molecule has 1 atom stereocenters. The first-order chi connectivity index (χ1) is 13.7. The minimum absolute atomic E-state index is 0.0574. The Balaban J connectivity index is 1.55. The molecule has 1 aliphatic rings. The molecule has 0 aliphatic carbocycles. The summed E-state index contributed by atoms with van der Waals surface area (Å²) in [6.45, 7) is 1.01. The van der Waals surface area contributed by atoms with E-state index in [2.05, 4.69) is 10.6 Å². The van der Waals surface area contributed by atoms with Gasteiger partial charge in [0.05, 0.1) is 24.5 Å². The molecule has 2 amide bonds. The van der Waals surface area contributed by atoms with Crippen LogP contribution in [0.2, 0.25) is 0 Å². The van der Waals surface area contributed by atoms with Gasteiger partial charge in [0.1, 0.15) is 11.5 Å². The molecule has 1 fully saturated rings. The van der Waals surface area contributed by atoms with Crippen molar-refractivity contribution in [2.75, 3.05) is 32.2 Å². The second kappa shape index (κ2) is 9.75. The molecule has 3 rings (SSSR count). The molecule has 0 bridgehead atoms. The van der Waals surface area contributed by atoms with Gasteiger partial charge in [0.2, 0.25) is 0 Å². The van der Waals surface area contributed by atoms with E-state index in [1.54, 1.807) is 55.6 Å². The lowest BCUT2D eigenvalue weighted by molar-refractivity contribution is -0.118. The molecule has 1 saturated heterocycles. The van der Waals surface area contributed by atoms with Crippen LogP contribution in [0.5, 0.6) is 11.5 Å². The van der Waals surface area contributed by atoms with Crippen molar-refractivity contribution in [2.24, 2.45) is 0 Å². The van der Waals surface area contributed by atoms with Gasteiger partial charge in [-0.3, -0.25) is 9.59 Å². The van der Waals surface area contributed by atoms with Gasteiger partial charge in [-0.1, -0.05) is 18.2 Å². The van der Waals surface area contributed by atoms with Crippen LogP contribution in [0.25, 0.3) is 0 Å². The number of carbonyl (C=O) groups is 2. The molecule has 0 saturated carbocycles. The van der Waals surface area contributed by atoms with Crippen LogP contribution in [-0.2, 0) is 9.53 Å². The zero-order chi connectivity index (χ0) is 19.8. The topological polar surface area (TPSA) is 85.9 Å². The summed E-state index contributed by atoms with van der Waals surface area (Å²) in [5.74, 6) is 0.561. The minimum Gasteiger partial charge on any atom is -0.497 e. The van der Waals surface area contributed by atoms with Crippen molar-refractivity contribution in [2.45, 2.75) is 18.9 Å². The Labute approximate surface area is 164 Å². The lowest BCUT2D eigenvalue weighted by Crippen LogP contribution is -2.32. The van der Waals surface area contributed by atoms with Crippen molar-refractivity contribution in [3.63, 3.8) is 0 Å². The van der Waals surface area contributed by atoms with Gasteiger partial charge in [0.15, 0.2) is 6.61 Å². The zero-order valence-corrected chi connectivity index (χ0v) is 15.8. The lowest BCUT2D eigenvalue weighted by Gasteiger charge is -2.14. The van der Waals surface area contributed by atoms with Crippen LogP contribution in [0, 0.1) is 0 Å². The van der Waals surface area contributed by atoms with Crippen molar-refractivity contribution in [1.29, 1.82) is 0 Å². The van der Waals surface area contributed by atoms with Crippen molar-refractivity contribution in [3.05, 3.63) is 54.1 Å². The third-order valence-corrected chi connectivity index (χ3v) is 4.37. The van der Waals surface area contributed by atoms with E-state index in [-0.39, 0.29) is 24.5 Å². The molecule has 0 spiro atoms. The van der Waals surface area contributed by atoms with Crippen molar-refractivity contribution >= 4 is 17.5 Å². The number of ether oxygens (including phenoxy) is 3. The second-order valence-corrected chi connectivity index (χ2v) is 6.41. The number of carbonyl (C=O) groups excluding carboxylic acids is 2. The van der Waals surface area contributed by atoms with E-state index >= 15 is 0 Å². The van der Waals surface area contributed by atoms with E-state index in [0.29, 0.717) is 29.3 Å². The molecule has 1 heterocycles. The first-order valence-electron chi connectivity index (χ1n) is 9.21. The third-order valence-electron chi connectivity index (χ3n) is 4.37. The maximum absolute atomic E-state index is 12.5. The summed E-state index contributed by atoms with van der Waals surface area (Å²) in [5.41, 5.74) is 0.835. The summed E-state index contributed by atoms with van der Waals surface area (Å²) < 4.78 is 16.1. The van der Waals surface area contributed by atoms with Crippen LogP contribution in [-0.4, -0.2) is 44.8 Å². The Morgan fingerprint density at radius 1 is 1.14 bits per heavy atom. The van der Waals surface area contributed by atoms with Crippen molar-refractivity contribution < 1.29 is 23.8 Å². The molecule has 28 heavy (non-hydrogen) atoms. The number of hydrogen-bond acceptors (Lipinski definition) is 5. The maximum atomic E-state index is 12.5. The standard InChI is InChI=1S/C21H24N2O5/c1-26-15-6-4-7-16(12-15)28-14-20(24)23-19-10-3-2-9-18(19)21(25)22-13-17-8-5-11-27-17/h2-4,6-7,9-10,12,17H,5,8,11,13-14H2,1H3,(H,22,25)(H,23,24)/t17-/m1/s1. The summed E-state index contributed by atoms with van der Waals surface area (Å²) in [7, 11) is 1.56. The molecular formula is C21H24N2O5. The highest BCUT2D eigenvalue weighted by Crippen LogP contribution is 2.19. The monoisotopic (exact) mass is 384 g/mol. The molecule has 2 N–H and O–H groups in total. The molecule has 0 unspecified atom stereocenters. The fourth-order valence-electron chi connectivity index (χ4n) is 2.92. The number of amides is 2. The fourth-order valence-corrected chi connectivity index (χ4v) is 2.92. The molecular weight excluding hydrogens is 360 g/mol. The number of anilines is 1. The maximum Gasteiger partial charge on any atom is 0.262 e. The van der Waals surface area contributed by atoms with Crippen LogP contribution in [0.1, 0.15) is 23.2 Å². The molecule has 1 aliphatic heterocycles. The van der Waals surface area contributed by atoms with Gasteiger partial charge in [-0.15, -0.1) is 0 Å². The van der Waals surface area contributed by atoms with E-state index in [9.17, 15) is 9.59 Å². The van der Waals surface area contributed by atoms with Gasteiger partial charge in [-0.2, -0.15) is 0 Å². The number of rotatable bonds is 8. The summed E-state index contributed by atoms with van der Waals surface area (Å²) in [5, 5.41) is 5.60. The molecule has 0 aromatic heterocycles. The van der Waals surface area contributed by atoms with E-state index in [0.717, 1.165) is 19.4 Å². The highest BCUT2D eigenvalue weighted by atomic mass is 16.5. The van der Waals surface area contributed by atoms with E-state index in [4.69, 9.17) is 14.2 Å². The van der Waals surface area contributed by atoms with E-state index < -0.39 is 0 Å². The number of hydrogen-bond donors (Lipinski definition) is 2. The SMILES string of the molecule is COc1cccc(OCC(=O)Nc2ccccc2C(=O)NC[C@H]2CCCO2)c1. The highest BCUT2D eigenvalue weighted by Gasteiger charge is 2.18. The van der Waals surface area contributed by atoms with Crippen LogP contribution >= 0.6 is 0 Å². The predicted octanol–water partition coefficient (Wildman–Crippen LogP) is 2.62. The van der Waals surface area contributed by atoms with Crippen LogP contribution in [0.3, 0.4) is 0 Å². The Bertz CT molecular complexity index is 818. The van der Waals surface area contributed by atoms with Gasteiger partial charge in [-0.25, -0.2) is 0 Å². The smallest absolute Gasteiger partial charge is 0.262 e. The Kier molecular flexibility index (Phi) is 6.86. The van der Waals surface area contributed by atoms with E-state index in [1.807, 2.05) is 0 Å². The summed E-state index contributed by atoms with van der Waals surface area (Å²) in [6.07, 6.45) is 2.02. The van der Waals surface area contributed by atoms with Crippen LogP contribution < -0.4 is 20.1 Å². The second-order valence-electron chi connectivity index (χ2n) is 6.41. The number of nitrogens with one attached hydrogen (secondary N) is 2. The molecule has 0 radical (unpaired) electrons. The molecule has 2 aromatic rings. The number of para-hydroxylation sites is 1. The fraction of sp³-hybridized carbons (Fsp3) is 0.333. The average Bonchev–Trinajstić information content (AvgIpc) is 3.25. The average molecular weight is 384 g/mol. The quantitative estimate of drug-likeness (QED) is 0.731. The van der Waals surface area contributed by atoms with Crippen LogP contribution in [0.15, 0.2) is 48.5 Å². The van der Waals surface area contributed by atoms with Crippen molar-refractivity contribution in [3.8, 4) is 11.5 Å². The predicted molar refractivity (Wildman–Crippen MR) is 105 cm³/mol. The van der Waals surface area contributed by atoms with Crippen LogP contribution in [0.4, 0.5) is 5.69 Å².